The average Bonchev–Trinajstić information content (AvgIpc) is 3.07. The Kier molecular flexibility index (Phi) is 6.53. The van der Waals surface area contributed by atoms with E-state index in [9.17, 15) is 4.79 Å². The highest BCUT2D eigenvalue weighted by molar-refractivity contribution is 6.17. The molecule has 0 saturated heterocycles. The lowest BCUT2D eigenvalue weighted by Crippen LogP contribution is -2.24. The number of rotatable bonds is 9. The number of benzene rings is 2. The molecule has 28 heavy (non-hydrogen) atoms. The number of hydrogen-bond acceptors (Lipinski definition) is 4. The average molecular weight is 380 g/mol. The zero-order chi connectivity index (χ0) is 20.1. The first-order chi connectivity index (χ1) is 13.5. The van der Waals surface area contributed by atoms with E-state index in [2.05, 4.69) is 19.2 Å². The van der Waals surface area contributed by atoms with Gasteiger partial charge in [-0.2, -0.15) is 0 Å². The minimum Gasteiger partial charge on any atom is -0.492 e. The van der Waals surface area contributed by atoms with Gasteiger partial charge >= 0.3 is 0 Å². The standard InChI is InChI=1S/C24H29NO3/c1-16(2)15-25-13-14-27-19-11-9-18(10-12-19)23(26)22-20-7-5-6-8-21(20)28-24(22)17(3)4/h5-12,16-17,25H,13-15H2,1-4H3. The molecule has 0 spiro atoms. The molecular formula is C24H29NO3. The van der Waals surface area contributed by atoms with E-state index in [1.165, 1.54) is 0 Å². The quantitative estimate of drug-likeness (QED) is 0.399. The van der Waals surface area contributed by atoms with Gasteiger partial charge in [0.2, 0.25) is 0 Å². The maximum absolute atomic E-state index is 13.2. The molecule has 1 N–H and O–H groups in total. The zero-order valence-corrected chi connectivity index (χ0v) is 17.1. The van der Waals surface area contributed by atoms with Crippen molar-refractivity contribution in [2.75, 3.05) is 19.7 Å². The molecule has 0 bridgehead atoms. The van der Waals surface area contributed by atoms with Crippen molar-refractivity contribution < 1.29 is 13.9 Å². The number of hydrogen-bond donors (Lipinski definition) is 1. The van der Waals surface area contributed by atoms with Crippen molar-refractivity contribution in [3.05, 3.63) is 65.4 Å². The third-order valence-corrected chi connectivity index (χ3v) is 4.59. The van der Waals surface area contributed by atoms with Crippen LogP contribution in [0.4, 0.5) is 0 Å². The molecule has 0 aliphatic rings. The Morgan fingerprint density at radius 2 is 1.75 bits per heavy atom. The fourth-order valence-electron chi connectivity index (χ4n) is 3.18. The number of fused-ring (bicyclic) bond motifs is 1. The fourth-order valence-corrected chi connectivity index (χ4v) is 3.18. The first-order valence-corrected chi connectivity index (χ1v) is 9.97. The van der Waals surface area contributed by atoms with Crippen LogP contribution in [-0.2, 0) is 0 Å². The van der Waals surface area contributed by atoms with Gasteiger partial charge in [0.15, 0.2) is 5.78 Å². The number of furan rings is 1. The summed E-state index contributed by atoms with van der Waals surface area (Å²) in [6.07, 6.45) is 0. The molecule has 0 atom stereocenters. The summed E-state index contributed by atoms with van der Waals surface area (Å²) in [7, 11) is 0. The highest BCUT2D eigenvalue weighted by atomic mass is 16.5. The van der Waals surface area contributed by atoms with Gasteiger partial charge in [0.05, 0.1) is 5.56 Å². The second-order valence-corrected chi connectivity index (χ2v) is 7.79. The number of para-hydroxylation sites is 1. The Morgan fingerprint density at radius 1 is 1.04 bits per heavy atom. The van der Waals surface area contributed by atoms with Crippen molar-refractivity contribution >= 4 is 16.8 Å². The smallest absolute Gasteiger partial charge is 0.197 e. The van der Waals surface area contributed by atoms with E-state index in [4.69, 9.17) is 9.15 Å². The van der Waals surface area contributed by atoms with Gasteiger partial charge in [-0.1, -0.05) is 45.9 Å². The Labute approximate surface area is 166 Å². The molecule has 2 aromatic carbocycles. The van der Waals surface area contributed by atoms with Gasteiger partial charge < -0.3 is 14.5 Å². The minimum absolute atomic E-state index is 0.0150. The summed E-state index contributed by atoms with van der Waals surface area (Å²) in [5.41, 5.74) is 2.05. The maximum atomic E-state index is 13.2. The molecule has 0 aliphatic carbocycles. The molecule has 3 rings (SSSR count). The lowest BCUT2D eigenvalue weighted by molar-refractivity contribution is 0.103. The molecule has 0 saturated carbocycles. The van der Waals surface area contributed by atoms with Gasteiger partial charge in [-0.15, -0.1) is 0 Å². The van der Waals surface area contributed by atoms with Crippen LogP contribution in [-0.4, -0.2) is 25.5 Å². The van der Waals surface area contributed by atoms with Crippen molar-refractivity contribution in [3.8, 4) is 5.75 Å². The van der Waals surface area contributed by atoms with E-state index in [0.29, 0.717) is 23.7 Å². The Morgan fingerprint density at radius 3 is 2.43 bits per heavy atom. The van der Waals surface area contributed by atoms with Crippen molar-refractivity contribution in [1.29, 1.82) is 0 Å². The normalized spacial score (nSPS) is 11.5. The first kappa shape index (κ1) is 20.2. The molecule has 0 fully saturated rings. The van der Waals surface area contributed by atoms with Crippen LogP contribution in [0.3, 0.4) is 0 Å². The number of ketones is 1. The monoisotopic (exact) mass is 379 g/mol. The lowest BCUT2D eigenvalue weighted by atomic mass is 9.96. The van der Waals surface area contributed by atoms with E-state index in [1.54, 1.807) is 0 Å². The zero-order valence-electron chi connectivity index (χ0n) is 17.1. The van der Waals surface area contributed by atoms with Gasteiger partial charge in [0, 0.05) is 23.4 Å². The van der Waals surface area contributed by atoms with Crippen LogP contribution in [0.1, 0.15) is 55.3 Å². The van der Waals surface area contributed by atoms with E-state index < -0.39 is 0 Å². The van der Waals surface area contributed by atoms with Crippen molar-refractivity contribution in [1.82, 2.24) is 5.32 Å². The van der Waals surface area contributed by atoms with E-state index >= 15 is 0 Å². The van der Waals surface area contributed by atoms with Crippen LogP contribution in [0, 0.1) is 5.92 Å². The number of carbonyl (C=O) groups is 1. The molecule has 1 aromatic heterocycles. The van der Waals surface area contributed by atoms with Crippen LogP contribution in [0.15, 0.2) is 52.9 Å². The van der Waals surface area contributed by atoms with Gasteiger partial charge in [0.1, 0.15) is 23.7 Å². The van der Waals surface area contributed by atoms with Gasteiger partial charge in [0.25, 0.3) is 0 Å². The van der Waals surface area contributed by atoms with Gasteiger partial charge in [-0.3, -0.25) is 4.79 Å². The van der Waals surface area contributed by atoms with Crippen LogP contribution in [0.5, 0.6) is 5.75 Å². The summed E-state index contributed by atoms with van der Waals surface area (Å²) in [6, 6.07) is 15.1. The van der Waals surface area contributed by atoms with E-state index in [-0.39, 0.29) is 11.7 Å². The molecular weight excluding hydrogens is 350 g/mol. The summed E-state index contributed by atoms with van der Waals surface area (Å²) in [5.74, 6) is 2.25. The highest BCUT2D eigenvalue weighted by Gasteiger charge is 2.23. The van der Waals surface area contributed by atoms with Crippen LogP contribution < -0.4 is 10.1 Å². The summed E-state index contributed by atoms with van der Waals surface area (Å²) in [4.78, 5) is 13.2. The molecule has 3 aromatic rings. The molecule has 148 valence electrons. The minimum atomic E-state index is -0.0150. The van der Waals surface area contributed by atoms with E-state index in [1.807, 2.05) is 62.4 Å². The first-order valence-electron chi connectivity index (χ1n) is 9.97. The molecule has 0 radical (unpaired) electrons. The van der Waals surface area contributed by atoms with Crippen LogP contribution in [0.2, 0.25) is 0 Å². The predicted molar refractivity (Wildman–Crippen MR) is 113 cm³/mol. The molecule has 4 heteroatoms. The molecule has 4 nitrogen and oxygen atoms in total. The summed E-state index contributed by atoms with van der Waals surface area (Å²) in [5, 5.41) is 4.22. The second kappa shape index (κ2) is 9.07. The molecule has 0 unspecified atom stereocenters. The summed E-state index contributed by atoms with van der Waals surface area (Å²) < 4.78 is 11.7. The lowest BCUT2D eigenvalue weighted by Gasteiger charge is -2.10. The summed E-state index contributed by atoms with van der Waals surface area (Å²) in [6.45, 7) is 10.8. The Bertz CT molecular complexity index is 923. The van der Waals surface area contributed by atoms with Crippen LogP contribution >= 0.6 is 0 Å². The summed E-state index contributed by atoms with van der Waals surface area (Å²) >= 11 is 0. The maximum Gasteiger partial charge on any atom is 0.197 e. The van der Waals surface area contributed by atoms with Gasteiger partial charge in [-0.25, -0.2) is 0 Å². The Hall–Kier alpha value is -2.59. The van der Waals surface area contributed by atoms with Crippen molar-refractivity contribution in [2.24, 2.45) is 5.92 Å². The molecule has 0 aliphatic heterocycles. The predicted octanol–water partition coefficient (Wildman–Crippen LogP) is 5.41. The number of nitrogens with one attached hydrogen (secondary N) is 1. The Balaban J connectivity index is 1.73. The topological polar surface area (TPSA) is 51.5 Å². The van der Waals surface area contributed by atoms with Crippen LogP contribution in [0.25, 0.3) is 11.0 Å². The van der Waals surface area contributed by atoms with Gasteiger partial charge in [-0.05, 0) is 42.8 Å². The third-order valence-electron chi connectivity index (χ3n) is 4.59. The van der Waals surface area contributed by atoms with E-state index in [0.717, 1.165) is 35.6 Å². The van der Waals surface area contributed by atoms with Crippen molar-refractivity contribution in [3.63, 3.8) is 0 Å². The largest absolute Gasteiger partial charge is 0.492 e. The molecule has 1 heterocycles. The third kappa shape index (κ3) is 4.63. The second-order valence-electron chi connectivity index (χ2n) is 7.79. The van der Waals surface area contributed by atoms with Crippen molar-refractivity contribution in [2.45, 2.75) is 33.6 Å². The number of carbonyl (C=O) groups excluding carboxylic acids is 1. The SMILES string of the molecule is CC(C)CNCCOc1ccc(C(=O)c2c(C(C)C)oc3ccccc23)cc1. The molecule has 0 amide bonds. The fraction of sp³-hybridized carbons (Fsp3) is 0.375. The highest BCUT2D eigenvalue weighted by Crippen LogP contribution is 2.32. The number of ether oxygens (including phenoxy) is 1.